The molecule has 16 heavy (non-hydrogen) atoms. The van der Waals surface area contributed by atoms with Gasteiger partial charge in [0.2, 0.25) is 0 Å². The van der Waals surface area contributed by atoms with Gasteiger partial charge in [-0.3, -0.25) is 0 Å². The number of rotatable bonds is 13. The van der Waals surface area contributed by atoms with Gasteiger partial charge in [-0.25, -0.2) is 0 Å². The van der Waals surface area contributed by atoms with E-state index in [1.165, 1.54) is 64.2 Å². The summed E-state index contributed by atoms with van der Waals surface area (Å²) in [5.41, 5.74) is 0. The average molecular weight is 340 g/mol. The second-order valence-corrected chi connectivity index (χ2v) is 5.56. The zero-order valence-corrected chi connectivity index (χ0v) is 13.1. The zero-order chi connectivity index (χ0) is 11.9. The van der Waals surface area contributed by atoms with Crippen LogP contribution >= 0.6 is 22.6 Å². The fraction of sp³-hybridized carbons (Fsp3) is 1.00. The van der Waals surface area contributed by atoms with Gasteiger partial charge in [-0.2, -0.15) is 0 Å². The van der Waals surface area contributed by atoms with Crippen LogP contribution in [0.4, 0.5) is 0 Å². The topological polar surface area (TPSA) is 9.23 Å². The van der Waals surface area contributed by atoms with Crippen molar-refractivity contribution in [2.24, 2.45) is 0 Å². The summed E-state index contributed by atoms with van der Waals surface area (Å²) in [5.74, 6) is 0. The van der Waals surface area contributed by atoms with E-state index in [4.69, 9.17) is 4.74 Å². The Morgan fingerprint density at radius 2 is 1.19 bits per heavy atom. The van der Waals surface area contributed by atoms with Gasteiger partial charge in [0.1, 0.15) is 0 Å². The summed E-state index contributed by atoms with van der Waals surface area (Å²) in [4.78, 5) is 0. The van der Waals surface area contributed by atoms with Gasteiger partial charge in [-0.05, 0) is 6.42 Å². The molecule has 0 saturated heterocycles. The highest BCUT2D eigenvalue weighted by molar-refractivity contribution is 14.1. The van der Waals surface area contributed by atoms with E-state index in [-0.39, 0.29) is 0 Å². The van der Waals surface area contributed by atoms with Crippen LogP contribution < -0.4 is 0 Å². The lowest BCUT2D eigenvalue weighted by atomic mass is 10.1. The Kier molecular flexibility index (Phi) is 16.4. The van der Waals surface area contributed by atoms with E-state index in [9.17, 15) is 0 Å². The Morgan fingerprint density at radius 1 is 0.688 bits per heavy atom. The van der Waals surface area contributed by atoms with Crippen molar-refractivity contribution in [2.45, 2.75) is 71.1 Å². The maximum absolute atomic E-state index is 5.45. The van der Waals surface area contributed by atoms with Gasteiger partial charge in [0.15, 0.2) is 0 Å². The lowest BCUT2D eigenvalue weighted by Crippen LogP contribution is -1.97. The maximum atomic E-state index is 5.45. The molecule has 0 fully saturated rings. The molecule has 0 aromatic heterocycles. The van der Waals surface area contributed by atoms with Gasteiger partial charge < -0.3 is 4.74 Å². The Morgan fingerprint density at radius 3 is 1.69 bits per heavy atom. The second-order valence-electron chi connectivity index (χ2n) is 4.48. The number of alkyl halides is 1. The molecule has 0 aliphatic heterocycles. The molecule has 0 aromatic rings. The molecule has 0 heterocycles. The molecule has 0 aliphatic rings. The van der Waals surface area contributed by atoms with E-state index in [1.807, 2.05) is 0 Å². The van der Waals surface area contributed by atoms with E-state index in [0.29, 0.717) is 0 Å². The minimum Gasteiger partial charge on any atom is -0.381 e. The van der Waals surface area contributed by atoms with Crippen LogP contribution in [0.15, 0.2) is 0 Å². The predicted octanol–water partition coefficient (Wildman–Crippen LogP) is 5.36. The first-order chi connectivity index (χ1) is 7.91. The van der Waals surface area contributed by atoms with Gasteiger partial charge in [0, 0.05) is 11.0 Å². The number of hydrogen-bond acceptors (Lipinski definition) is 1. The third-order valence-corrected chi connectivity index (χ3v) is 3.30. The van der Waals surface area contributed by atoms with Crippen LogP contribution in [0.1, 0.15) is 71.1 Å². The Balaban J connectivity index is 2.83. The first-order valence-corrected chi connectivity index (χ1v) is 8.58. The molecule has 0 aromatic carbocycles. The average Bonchev–Trinajstić information content (AvgIpc) is 2.31. The van der Waals surface area contributed by atoms with Crippen molar-refractivity contribution in [3.63, 3.8) is 0 Å². The van der Waals surface area contributed by atoms with E-state index in [2.05, 4.69) is 29.5 Å². The van der Waals surface area contributed by atoms with Crippen LogP contribution in [0.3, 0.4) is 0 Å². The molecule has 0 saturated carbocycles. The highest BCUT2D eigenvalue weighted by Crippen LogP contribution is 2.10. The molecule has 0 aliphatic carbocycles. The summed E-state index contributed by atoms with van der Waals surface area (Å²) < 4.78 is 6.57. The molecule has 0 radical (unpaired) electrons. The Labute approximate surface area is 116 Å². The maximum Gasteiger partial charge on any atom is 0.0555 e. The SMILES string of the molecule is CCCCCCCCCCCCOCCI. The highest BCUT2D eigenvalue weighted by Gasteiger charge is 1.92. The summed E-state index contributed by atoms with van der Waals surface area (Å²) >= 11 is 2.36. The number of hydrogen-bond donors (Lipinski definition) is 0. The van der Waals surface area contributed by atoms with Crippen molar-refractivity contribution in [3.8, 4) is 0 Å². The van der Waals surface area contributed by atoms with E-state index >= 15 is 0 Å². The van der Waals surface area contributed by atoms with Crippen LogP contribution in [0.2, 0.25) is 0 Å². The molecule has 0 bridgehead atoms. The first-order valence-electron chi connectivity index (χ1n) is 7.05. The minimum atomic E-state index is 0.929. The third kappa shape index (κ3) is 14.7. The van der Waals surface area contributed by atoms with Crippen LogP contribution in [-0.4, -0.2) is 17.6 Å². The lowest BCUT2D eigenvalue weighted by Gasteiger charge is -2.03. The van der Waals surface area contributed by atoms with Crippen molar-refractivity contribution in [2.75, 3.05) is 17.6 Å². The van der Waals surface area contributed by atoms with Crippen LogP contribution in [-0.2, 0) is 4.74 Å². The molecule has 0 unspecified atom stereocenters. The summed E-state index contributed by atoms with van der Waals surface area (Å²) in [6.45, 7) is 4.18. The monoisotopic (exact) mass is 340 g/mol. The quantitative estimate of drug-likeness (QED) is 0.249. The molecule has 0 spiro atoms. The van der Waals surface area contributed by atoms with E-state index < -0.39 is 0 Å². The van der Waals surface area contributed by atoms with Gasteiger partial charge in [-0.1, -0.05) is 87.3 Å². The third-order valence-electron chi connectivity index (χ3n) is 2.86. The Hall–Kier alpha value is 0.690. The first kappa shape index (κ1) is 16.7. The highest BCUT2D eigenvalue weighted by atomic mass is 127. The molecule has 2 heteroatoms. The van der Waals surface area contributed by atoms with Crippen molar-refractivity contribution in [1.29, 1.82) is 0 Å². The van der Waals surface area contributed by atoms with Crippen LogP contribution in [0.25, 0.3) is 0 Å². The van der Waals surface area contributed by atoms with Crippen molar-refractivity contribution in [3.05, 3.63) is 0 Å². The normalized spacial score (nSPS) is 10.9. The van der Waals surface area contributed by atoms with Crippen molar-refractivity contribution in [1.82, 2.24) is 0 Å². The number of halogens is 1. The molecule has 1 nitrogen and oxygen atoms in total. The van der Waals surface area contributed by atoms with Gasteiger partial charge in [0.25, 0.3) is 0 Å². The summed E-state index contributed by atoms with van der Waals surface area (Å²) in [6.07, 6.45) is 14.0. The largest absolute Gasteiger partial charge is 0.381 e. The van der Waals surface area contributed by atoms with Crippen molar-refractivity contribution >= 4 is 22.6 Å². The standard InChI is InChI=1S/C14H29IO/c1-2-3-4-5-6-7-8-9-10-11-13-16-14-12-15/h2-14H2,1H3. The minimum absolute atomic E-state index is 0.929. The van der Waals surface area contributed by atoms with Crippen LogP contribution in [0, 0.1) is 0 Å². The van der Waals surface area contributed by atoms with E-state index in [0.717, 1.165) is 17.6 Å². The van der Waals surface area contributed by atoms with Gasteiger partial charge >= 0.3 is 0 Å². The van der Waals surface area contributed by atoms with Gasteiger partial charge in [-0.15, -0.1) is 0 Å². The fourth-order valence-corrected chi connectivity index (χ4v) is 2.16. The number of unbranched alkanes of at least 4 members (excludes halogenated alkanes) is 9. The lowest BCUT2D eigenvalue weighted by molar-refractivity contribution is 0.146. The van der Waals surface area contributed by atoms with Gasteiger partial charge in [0.05, 0.1) is 6.61 Å². The smallest absolute Gasteiger partial charge is 0.0555 e. The fourth-order valence-electron chi connectivity index (χ4n) is 1.85. The van der Waals surface area contributed by atoms with E-state index in [1.54, 1.807) is 0 Å². The number of ether oxygens (including phenoxy) is 1. The second kappa shape index (κ2) is 15.7. The molecule has 0 rings (SSSR count). The molecule has 0 atom stereocenters. The van der Waals surface area contributed by atoms with Crippen molar-refractivity contribution < 1.29 is 4.74 Å². The molecular formula is C14H29IO. The Bertz CT molecular complexity index is 103. The summed E-state index contributed by atoms with van der Waals surface area (Å²) in [5, 5.41) is 0. The molecule has 0 N–H and O–H groups in total. The molecule has 0 amide bonds. The molecule has 98 valence electrons. The predicted molar refractivity (Wildman–Crippen MR) is 81.6 cm³/mol. The van der Waals surface area contributed by atoms with Crippen LogP contribution in [0.5, 0.6) is 0 Å². The summed E-state index contributed by atoms with van der Waals surface area (Å²) in [7, 11) is 0. The molecular weight excluding hydrogens is 311 g/mol. The summed E-state index contributed by atoms with van der Waals surface area (Å²) in [6, 6.07) is 0. The zero-order valence-electron chi connectivity index (χ0n) is 11.0.